The van der Waals surface area contributed by atoms with Crippen molar-refractivity contribution in [2.45, 2.75) is 24.8 Å². The van der Waals surface area contributed by atoms with Gasteiger partial charge in [-0.05, 0) is 48.2 Å². The lowest BCUT2D eigenvalue weighted by atomic mass is 9.99. The Kier molecular flexibility index (Phi) is 7.46. The molecular formula is C27H31N3O3S. The molecule has 7 heteroatoms. The highest BCUT2D eigenvalue weighted by atomic mass is 32.2. The third-order valence-corrected chi connectivity index (χ3v) is 8.28. The van der Waals surface area contributed by atoms with E-state index >= 15 is 0 Å². The Labute approximate surface area is 202 Å². The van der Waals surface area contributed by atoms with Gasteiger partial charge in [-0.25, -0.2) is 8.42 Å². The summed E-state index contributed by atoms with van der Waals surface area (Å²) in [6, 6.07) is 24.8. The van der Waals surface area contributed by atoms with Crippen molar-refractivity contribution in [1.82, 2.24) is 14.5 Å². The molecule has 3 aromatic carbocycles. The molecule has 0 unspecified atom stereocenters. The highest BCUT2D eigenvalue weighted by Crippen LogP contribution is 2.23. The average Bonchev–Trinajstić information content (AvgIpc) is 2.85. The fourth-order valence-corrected chi connectivity index (χ4v) is 5.72. The van der Waals surface area contributed by atoms with Crippen molar-refractivity contribution in [1.29, 1.82) is 0 Å². The van der Waals surface area contributed by atoms with Crippen molar-refractivity contribution < 1.29 is 13.2 Å². The smallest absolute Gasteiger partial charge is 0.243 e. The fourth-order valence-electron chi connectivity index (χ4n) is 4.21. The van der Waals surface area contributed by atoms with Gasteiger partial charge in [0, 0.05) is 26.2 Å². The second kappa shape index (κ2) is 10.5. The van der Waals surface area contributed by atoms with Crippen LogP contribution in [-0.2, 0) is 14.8 Å². The van der Waals surface area contributed by atoms with Gasteiger partial charge in [-0.1, -0.05) is 66.7 Å². The third-order valence-electron chi connectivity index (χ3n) is 6.39. The zero-order valence-corrected chi connectivity index (χ0v) is 20.5. The molecule has 1 saturated heterocycles. The Morgan fingerprint density at radius 1 is 0.824 bits per heavy atom. The van der Waals surface area contributed by atoms with Gasteiger partial charge in [0.2, 0.25) is 15.9 Å². The fraction of sp³-hybridized carbons (Fsp3) is 0.296. The summed E-state index contributed by atoms with van der Waals surface area (Å²) in [5.41, 5.74) is 4.07. The molecular weight excluding hydrogens is 446 g/mol. The monoisotopic (exact) mass is 477 g/mol. The van der Waals surface area contributed by atoms with E-state index in [-0.39, 0.29) is 18.5 Å². The molecule has 1 fully saturated rings. The predicted molar refractivity (Wildman–Crippen MR) is 134 cm³/mol. The number of amides is 1. The van der Waals surface area contributed by atoms with E-state index in [2.05, 4.69) is 5.32 Å². The minimum Gasteiger partial charge on any atom is -0.344 e. The number of sulfonamides is 1. The van der Waals surface area contributed by atoms with Crippen LogP contribution in [0.1, 0.15) is 28.3 Å². The first-order valence-electron chi connectivity index (χ1n) is 11.5. The predicted octanol–water partition coefficient (Wildman–Crippen LogP) is 3.52. The lowest BCUT2D eigenvalue weighted by Crippen LogP contribution is -2.51. The Hall–Kier alpha value is -3.00. The summed E-state index contributed by atoms with van der Waals surface area (Å²) in [5.74, 6) is -0.0804. The maximum Gasteiger partial charge on any atom is 0.243 e. The zero-order valence-electron chi connectivity index (χ0n) is 19.6. The van der Waals surface area contributed by atoms with Crippen LogP contribution in [0.15, 0.2) is 83.8 Å². The van der Waals surface area contributed by atoms with Crippen molar-refractivity contribution in [2.24, 2.45) is 0 Å². The van der Waals surface area contributed by atoms with Gasteiger partial charge >= 0.3 is 0 Å². The van der Waals surface area contributed by atoms with Gasteiger partial charge < -0.3 is 5.32 Å². The first kappa shape index (κ1) is 24.1. The first-order chi connectivity index (χ1) is 16.3. The number of carbonyl (C=O) groups is 1. The number of benzene rings is 3. The topological polar surface area (TPSA) is 69.7 Å². The van der Waals surface area contributed by atoms with Crippen LogP contribution in [0, 0.1) is 13.8 Å². The summed E-state index contributed by atoms with van der Waals surface area (Å²) < 4.78 is 27.7. The maximum atomic E-state index is 13.1. The molecule has 3 aromatic rings. The van der Waals surface area contributed by atoms with Crippen LogP contribution in [0.25, 0.3) is 0 Å². The van der Waals surface area contributed by atoms with E-state index in [0.29, 0.717) is 31.1 Å². The van der Waals surface area contributed by atoms with E-state index in [1.807, 2.05) is 85.5 Å². The maximum absolute atomic E-state index is 13.1. The summed E-state index contributed by atoms with van der Waals surface area (Å²) in [4.78, 5) is 15.3. The van der Waals surface area contributed by atoms with Crippen molar-refractivity contribution >= 4 is 15.9 Å². The SMILES string of the molecule is Cc1ccc(S(=O)(=O)N2CCN(CC(=O)NC(c3ccccc3)c3ccccc3)CC2)cc1C. The molecule has 0 spiro atoms. The largest absolute Gasteiger partial charge is 0.344 e. The molecule has 34 heavy (non-hydrogen) atoms. The quantitative estimate of drug-likeness (QED) is 0.565. The summed E-state index contributed by atoms with van der Waals surface area (Å²) >= 11 is 0. The van der Waals surface area contributed by atoms with E-state index in [0.717, 1.165) is 22.3 Å². The highest BCUT2D eigenvalue weighted by molar-refractivity contribution is 7.89. The van der Waals surface area contributed by atoms with Crippen LogP contribution < -0.4 is 5.32 Å². The average molecular weight is 478 g/mol. The second-order valence-electron chi connectivity index (χ2n) is 8.75. The van der Waals surface area contributed by atoms with Gasteiger partial charge in [-0.2, -0.15) is 4.31 Å². The summed E-state index contributed by atoms with van der Waals surface area (Å²) in [7, 11) is -3.54. The zero-order chi connectivity index (χ0) is 24.1. The van der Waals surface area contributed by atoms with Crippen LogP contribution >= 0.6 is 0 Å². The first-order valence-corrected chi connectivity index (χ1v) is 13.0. The molecule has 0 saturated carbocycles. The molecule has 0 atom stereocenters. The van der Waals surface area contributed by atoms with E-state index < -0.39 is 10.0 Å². The van der Waals surface area contributed by atoms with Crippen molar-refractivity contribution in [2.75, 3.05) is 32.7 Å². The summed E-state index contributed by atoms with van der Waals surface area (Å²) in [6.07, 6.45) is 0. The summed E-state index contributed by atoms with van der Waals surface area (Å²) in [5, 5.41) is 3.16. The molecule has 1 N–H and O–H groups in total. The van der Waals surface area contributed by atoms with Crippen molar-refractivity contribution in [3.63, 3.8) is 0 Å². The second-order valence-corrected chi connectivity index (χ2v) is 10.7. The van der Waals surface area contributed by atoms with Gasteiger partial charge in [-0.3, -0.25) is 9.69 Å². The van der Waals surface area contributed by atoms with E-state index in [1.54, 1.807) is 12.1 Å². The number of nitrogens with one attached hydrogen (secondary N) is 1. The van der Waals surface area contributed by atoms with Crippen molar-refractivity contribution in [3.05, 3.63) is 101 Å². The molecule has 1 heterocycles. The number of carbonyl (C=O) groups excluding carboxylic acids is 1. The molecule has 0 radical (unpaired) electrons. The number of hydrogen-bond acceptors (Lipinski definition) is 4. The Balaban J connectivity index is 1.38. The lowest BCUT2D eigenvalue weighted by Gasteiger charge is -2.34. The van der Waals surface area contributed by atoms with Gasteiger partial charge in [0.05, 0.1) is 17.5 Å². The molecule has 1 aliphatic rings. The standard InChI is InChI=1S/C27H31N3O3S/c1-21-13-14-25(19-22(21)2)34(32,33)30-17-15-29(16-18-30)20-26(31)28-27(23-9-5-3-6-10-23)24-11-7-4-8-12-24/h3-14,19,27H,15-18,20H2,1-2H3,(H,28,31). The molecule has 0 aromatic heterocycles. The number of rotatable bonds is 7. The number of aryl methyl sites for hydroxylation is 2. The molecule has 0 aliphatic carbocycles. The van der Waals surface area contributed by atoms with Crippen LogP contribution in [-0.4, -0.2) is 56.3 Å². The molecule has 1 amide bonds. The molecule has 0 bridgehead atoms. The van der Waals surface area contributed by atoms with Gasteiger partial charge in [-0.15, -0.1) is 0 Å². The van der Waals surface area contributed by atoms with Crippen LogP contribution in [0.5, 0.6) is 0 Å². The van der Waals surface area contributed by atoms with E-state index in [1.165, 1.54) is 4.31 Å². The van der Waals surface area contributed by atoms with Gasteiger partial charge in [0.15, 0.2) is 0 Å². The lowest BCUT2D eigenvalue weighted by molar-refractivity contribution is -0.123. The number of nitrogens with zero attached hydrogens (tertiary/aromatic N) is 2. The molecule has 4 rings (SSSR count). The van der Waals surface area contributed by atoms with Crippen LogP contribution in [0.4, 0.5) is 0 Å². The Morgan fingerprint density at radius 3 is 1.91 bits per heavy atom. The Bertz CT molecular complexity index is 1180. The van der Waals surface area contributed by atoms with E-state index in [9.17, 15) is 13.2 Å². The summed E-state index contributed by atoms with van der Waals surface area (Å²) in [6.45, 7) is 5.87. The third kappa shape index (κ3) is 5.55. The van der Waals surface area contributed by atoms with Crippen molar-refractivity contribution in [3.8, 4) is 0 Å². The molecule has 178 valence electrons. The van der Waals surface area contributed by atoms with Crippen LogP contribution in [0.3, 0.4) is 0 Å². The molecule has 1 aliphatic heterocycles. The highest BCUT2D eigenvalue weighted by Gasteiger charge is 2.29. The Morgan fingerprint density at radius 2 is 1.38 bits per heavy atom. The number of piperazine rings is 1. The van der Waals surface area contributed by atoms with Crippen LogP contribution in [0.2, 0.25) is 0 Å². The van der Waals surface area contributed by atoms with Gasteiger partial charge in [0.25, 0.3) is 0 Å². The minimum absolute atomic E-state index is 0.0804. The van der Waals surface area contributed by atoms with Gasteiger partial charge in [0.1, 0.15) is 0 Å². The molecule has 6 nitrogen and oxygen atoms in total. The normalized spacial score (nSPS) is 15.4. The van der Waals surface area contributed by atoms with E-state index in [4.69, 9.17) is 0 Å². The minimum atomic E-state index is -3.54. The number of hydrogen-bond donors (Lipinski definition) is 1.